The zero-order valence-electron chi connectivity index (χ0n) is 13.2. The van der Waals surface area contributed by atoms with Crippen LogP contribution in [0.5, 0.6) is 0 Å². The summed E-state index contributed by atoms with van der Waals surface area (Å²) in [5.74, 6) is 0. The molecule has 0 aromatic heterocycles. The molecule has 0 fully saturated rings. The lowest BCUT2D eigenvalue weighted by atomic mass is 10.2. The fourth-order valence-corrected chi connectivity index (χ4v) is 1.83. The molecule has 114 valence electrons. The van der Waals surface area contributed by atoms with E-state index < -0.39 is 0 Å². The van der Waals surface area contributed by atoms with E-state index in [1.807, 2.05) is 0 Å². The summed E-state index contributed by atoms with van der Waals surface area (Å²) in [5, 5.41) is 3.34. The van der Waals surface area contributed by atoms with Crippen molar-refractivity contribution in [3.05, 3.63) is 29.8 Å². The summed E-state index contributed by atoms with van der Waals surface area (Å²) in [6.07, 6.45) is 0.295. The number of hydrogen-bond acceptors (Lipinski definition) is 4. The van der Waals surface area contributed by atoms with E-state index in [0.717, 1.165) is 32.8 Å². The molecule has 0 unspecified atom stereocenters. The second-order valence-corrected chi connectivity index (χ2v) is 5.18. The van der Waals surface area contributed by atoms with Gasteiger partial charge in [0.2, 0.25) is 0 Å². The summed E-state index contributed by atoms with van der Waals surface area (Å²) >= 11 is 0. The predicted molar refractivity (Wildman–Crippen MR) is 84.4 cm³/mol. The highest BCUT2D eigenvalue weighted by molar-refractivity contribution is 5.46. The number of ether oxygens (including phenoxy) is 2. The first-order valence-corrected chi connectivity index (χ1v) is 7.25. The smallest absolute Gasteiger partial charge is 0.0644 e. The van der Waals surface area contributed by atoms with E-state index in [0.29, 0.717) is 6.10 Å². The lowest BCUT2D eigenvalue weighted by molar-refractivity contribution is 0.0846. The number of nitrogens with one attached hydrogen (secondary N) is 1. The molecule has 0 amide bonds. The van der Waals surface area contributed by atoms with Crippen molar-refractivity contribution < 1.29 is 9.47 Å². The third-order valence-corrected chi connectivity index (χ3v) is 3.07. The third kappa shape index (κ3) is 6.89. The zero-order chi connectivity index (χ0) is 14.8. The predicted octanol–water partition coefficient (Wildman–Crippen LogP) is 2.28. The summed E-state index contributed by atoms with van der Waals surface area (Å²) in [4.78, 5) is 2.21. The van der Waals surface area contributed by atoms with Gasteiger partial charge in [-0.3, -0.25) is 0 Å². The number of likely N-dealkylation sites (N-methyl/N-ethyl adjacent to an activating group) is 1. The van der Waals surface area contributed by atoms with E-state index in [9.17, 15) is 0 Å². The first kappa shape index (κ1) is 17.0. The van der Waals surface area contributed by atoms with Crippen molar-refractivity contribution in [3.8, 4) is 0 Å². The highest BCUT2D eigenvalue weighted by Gasteiger charge is 2.02. The van der Waals surface area contributed by atoms with Gasteiger partial charge in [-0.2, -0.15) is 0 Å². The zero-order valence-corrected chi connectivity index (χ0v) is 13.2. The van der Waals surface area contributed by atoms with Crippen LogP contribution in [0, 0.1) is 0 Å². The van der Waals surface area contributed by atoms with Gasteiger partial charge in [0.05, 0.1) is 19.3 Å². The Morgan fingerprint density at radius 2 is 1.85 bits per heavy atom. The molecule has 1 N–H and O–H groups in total. The van der Waals surface area contributed by atoms with Gasteiger partial charge >= 0.3 is 0 Å². The van der Waals surface area contributed by atoms with Crippen LogP contribution in [0.3, 0.4) is 0 Å². The number of benzene rings is 1. The molecule has 0 spiro atoms. The topological polar surface area (TPSA) is 33.7 Å². The maximum absolute atomic E-state index is 5.57. The maximum atomic E-state index is 5.57. The molecule has 4 heteroatoms. The summed E-state index contributed by atoms with van der Waals surface area (Å²) in [6.45, 7) is 8.29. The van der Waals surface area contributed by atoms with Gasteiger partial charge in [0, 0.05) is 39.5 Å². The quantitative estimate of drug-likeness (QED) is 0.667. The highest BCUT2D eigenvalue weighted by Crippen LogP contribution is 2.13. The Morgan fingerprint density at radius 1 is 1.15 bits per heavy atom. The molecule has 0 saturated heterocycles. The van der Waals surface area contributed by atoms with Gasteiger partial charge in [-0.25, -0.2) is 0 Å². The number of hydrogen-bond donors (Lipinski definition) is 1. The van der Waals surface area contributed by atoms with Gasteiger partial charge in [0.1, 0.15) is 0 Å². The molecule has 1 aromatic carbocycles. The van der Waals surface area contributed by atoms with Crippen LogP contribution < -0.4 is 10.2 Å². The monoisotopic (exact) mass is 280 g/mol. The Morgan fingerprint density at radius 3 is 2.45 bits per heavy atom. The van der Waals surface area contributed by atoms with E-state index in [-0.39, 0.29) is 0 Å². The van der Waals surface area contributed by atoms with E-state index in [4.69, 9.17) is 9.47 Å². The number of rotatable bonds is 10. The van der Waals surface area contributed by atoms with Gasteiger partial charge in [-0.05, 0) is 31.5 Å². The molecule has 20 heavy (non-hydrogen) atoms. The van der Waals surface area contributed by atoms with Gasteiger partial charge in [-0.1, -0.05) is 12.1 Å². The minimum absolute atomic E-state index is 0.295. The fraction of sp³-hybridized carbons (Fsp3) is 0.625. The molecule has 0 saturated carbocycles. The van der Waals surface area contributed by atoms with Crippen LogP contribution in [-0.2, 0) is 16.0 Å². The summed E-state index contributed by atoms with van der Waals surface area (Å²) in [6, 6.07) is 8.63. The second-order valence-electron chi connectivity index (χ2n) is 5.18. The molecular weight excluding hydrogens is 252 g/mol. The number of nitrogens with zero attached hydrogens (tertiary/aromatic N) is 1. The van der Waals surface area contributed by atoms with Gasteiger partial charge < -0.3 is 19.7 Å². The Labute approximate surface area is 123 Å². The lowest BCUT2D eigenvalue weighted by Crippen LogP contribution is -2.24. The molecule has 0 aliphatic carbocycles. The largest absolute Gasteiger partial charge is 0.383 e. The SMILES string of the molecule is COCCNCc1ccc(N(C)CCOC(C)C)cc1. The van der Waals surface area contributed by atoms with Crippen molar-refractivity contribution in [1.29, 1.82) is 0 Å². The van der Waals surface area contributed by atoms with Crippen LogP contribution in [-0.4, -0.2) is 46.6 Å². The normalized spacial score (nSPS) is 11.1. The number of anilines is 1. The van der Waals surface area contributed by atoms with Gasteiger partial charge in [0.25, 0.3) is 0 Å². The minimum Gasteiger partial charge on any atom is -0.383 e. The minimum atomic E-state index is 0.295. The van der Waals surface area contributed by atoms with E-state index in [1.165, 1.54) is 11.3 Å². The summed E-state index contributed by atoms with van der Waals surface area (Å²) < 4.78 is 10.6. The van der Waals surface area contributed by atoms with Crippen LogP contribution in [0.25, 0.3) is 0 Å². The average molecular weight is 280 g/mol. The average Bonchev–Trinajstić information content (AvgIpc) is 2.44. The molecule has 0 bridgehead atoms. The van der Waals surface area contributed by atoms with Crippen molar-refractivity contribution in [2.75, 3.05) is 45.4 Å². The molecule has 4 nitrogen and oxygen atoms in total. The Hall–Kier alpha value is -1.10. The molecule has 0 radical (unpaired) electrons. The second kappa shape index (κ2) is 9.75. The first-order valence-electron chi connectivity index (χ1n) is 7.25. The summed E-state index contributed by atoms with van der Waals surface area (Å²) in [7, 11) is 3.81. The third-order valence-electron chi connectivity index (χ3n) is 3.07. The van der Waals surface area contributed by atoms with Crippen LogP contribution in [0.1, 0.15) is 19.4 Å². The van der Waals surface area contributed by atoms with E-state index >= 15 is 0 Å². The molecule has 1 aromatic rings. The number of methoxy groups -OCH3 is 1. The molecule has 1 rings (SSSR count). The van der Waals surface area contributed by atoms with Gasteiger partial charge in [0.15, 0.2) is 0 Å². The summed E-state index contributed by atoms with van der Waals surface area (Å²) in [5.41, 5.74) is 2.51. The highest BCUT2D eigenvalue weighted by atomic mass is 16.5. The Kier molecular flexibility index (Phi) is 8.26. The molecular formula is C16H28N2O2. The standard InChI is InChI=1S/C16H28N2O2/c1-14(2)20-12-10-18(3)16-7-5-15(6-8-16)13-17-9-11-19-4/h5-8,14,17H,9-13H2,1-4H3. The van der Waals surface area contributed by atoms with Crippen molar-refractivity contribution in [3.63, 3.8) is 0 Å². The van der Waals surface area contributed by atoms with E-state index in [2.05, 4.69) is 55.4 Å². The Balaban J connectivity index is 2.33. The molecule has 0 aliphatic rings. The van der Waals surface area contributed by atoms with Crippen molar-refractivity contribution in [1.82, 2.24) is 5.32 Å². The van der Waals surface area contributed by atoms with Crippen LogP contribution in [0.4, 0.5) is 5.69 Å². The van der Waals surface area contributed by atoms with Crippen LogP contribution >= 0.6 is 0 Å². The van der Waals surface area contributed by atoms with Crippen molar-refractivity contribution in [2.24, 2.45) is 0 Å². The molecule has 0 atom stereocenters. The maximum Gasteiger partial charge on any atom is 0.0644 e. The van der Waals surface area contributed by atoms with Gasteiger partial charge in [-0.15, -0.1) is 0 Å². The lowest BCUT2D eigenvalue weighted by Gasteiger charge is -2.20. The fourth-order valence-electron chi connectivity index (χ4n) is 1.83. The van der Waals surface area contributed by atoms with Crippen molar-refractivity contribution >= 4 is 5.69 Å². The Bertz CT molecular complexity index is 352. The molecule has 0 heterocycles. The molecule has 0 aliphatic heterocycles. The van der Waals surface area contributed by atoms with Crippen molar-refractivity contribution in [2.45, 2.75) is 26.5 Å². The van der Waals surface area contributed by atoms with Crippen LogP contribution in [0.2, 0.25) is 0 Å². The van der Waals surface area contributed by atoms with E-state index in [1.54, 1.807) is 7.11 Å². The van der Waals surface area contributed by atoms with Crippen LogP contribution in [0.15, 0.2) is 24.3 Å². The first-order chi connectivity index (χ1) is 9.63.